The van der Waals surface area contributed by atoms with Crippen molar-refractivity contribution in [2.45, 2.75) is 58.5 Å². The van der Waals surface area contributed by atoms with Gasteiger partial charge in [-0.1, -0.05) is 20.3 Å². The minimum absolute atomic E-state index is 0.00479. The van der Waals surface area contributed by atoms with Crippen LogP contribution in [0.2, 0.25) is 0 Å². The van der Waals surface area contributed by atoms with Crippen LogP contribution >= 0.6 is 0 Å². The summed E-state index contributed by atoms with van der Waals surface area (Å²) >= 11 is 0. The highest BCUT2D eigenvalue weighted by molar-refractivity contribution is 5.83. The maximum atomic E-state index is 11.8. The fraction of sp³-hybridized carbons (Fsp3) is 0.786. The van der Waals surface area contributed by atoms with E-state index in [-0.39, 0.29) is 18.9 Å². The average molecular weight is 302 g/mol. The van der Waals surface area contributed by atoms with Crippen molar-refractivity contribution in [1.29, 1.82) is 0 Å². The topological polar surface area (TPSA) is 105 Å². The Labute approximate surface area is 125 Å². The molecule has 0 aliphatic rings. The molecule has 0 aromatic rings. The van der Waals surface area contributed by atoms with Gasteiger partial charge in [-0.2, -0.15) is 0 Å². The molecule has 0 radical (unpaired) electrons. The Morgan fingerprint density at radius 2 is 1.81 bits per heavy atom. The Morgan fingerprint density at radius 3 is 2.29 bits per heavy atom. The maximum Gasteiger partial charge on any atom is 0.326 e. The number of carboxylic acids is 1. The van der Waals surface area contributed by atoms with Gasteiger partial charge < -0.3 is 20.5 Å². The van der Waals surface area contributed by atoms with Gasteiger partial charge in [0.15, 0.2) is 0 Å². The highest BCUT2D eigenvalue weighted by atomic mass is 16.5. The zero-order chi connectivity index (χ0) is 16.4. The third-order valence-corrected chi connectivity index (χ3v) is 3.30. The van der Waals surface area contributed by atoms with E-state index in [1.54, 1.807) is 0 Å². The van der Waals surface area contributed by atoms with Crippen LogP contribution in [0, 0.1) is 5.92 Å². The average Bonchev–Trinajstić information content (AvgIpc) is 2.41. The molecular formula is C14H26N2O5. The van der Waals surface area contributed by atoms with E-state index in [1.807, 2.05) is 6.92 Å². The predicted octanol–water partition coefficient (Wildman–Crippen LogP) is 1.52. The minimum Gasteiger partial charge on any atom is -0.480 e. The van der Waals surface area contributed by atoms with Crippen LogP contribution < -0.4 is 10.6 Å². The normalized spacial score (nSPS) is 14.7. The molecule has 0 aliphatic heterocycles. The maximum absolute atomic E-state index is 11.8. The molecule has 0 aromatic heterocycles. The van der Waals surface area contributed by atoms with Gasteiger partial charge in [0.1, 0.15) is 6.04 Å². The van der Waals surface area contributed by atoms with Crippen LogP contribution in [0.3, 0.4) is 0 Å². The second-order valence-electron chi connectivity index (χ2n) is 5.27. The van der Waals surface area contributed by atoms with Crippen LogP contribution in [0.25, 0.3) is 0 Å². The van der Waals surface area contributed by atoms with Gasteiger partial charge in [0.25, 0.3) is 0 Å². The molecule has 7 nitrogen and oxygen atoms in total. The second kappa shape index (κ2) is 10.0. The molecule has 0 heterocycles. The number of methoxy groups -OCH3 is 1. The highest BCUT2D eigenvalue weighted by Crippen LogP contribution is 2.09. The fourth-order valence-electron chi connectivity index (χ4n) is 1.87. The number of urea groups is 1. The van der Waals surface area contributed by atoms with E-state index >= 15 is 0 Å². The molecule has 0 saturated heterocycles. The SMILES string of the molecule is CCC(C)CC(C)NC(=O)N[C@@H](CCC(=O)OC)C(=O)O. The summed E-state index contributed by atoms with van der Waals surface area (Å²) in [6.07, 6.45) is 1.78. The first kappa shape index (κ1) is 19.2. The van der Waals surface area contributed by atoms with Crippen molar-refractivity contribution in [2.75, 3.05) is 7.11 Å². The van der Waals surface area contributed by atoms with Crippen molar-refractivity contribution in [3.05, 3.63) is 0 Å². The number of carboxylic acid groups (broad SMARTS) is 1. The molecule has 0 bridgehead atoms. The van der Waals surface area contributed by atoms with Gasteiger partial charge in [-0.15, -0.1) is 0 Å². The highest BCUT2D eigenvalue weighted by Gasteiger charge is 2.22. The van der Waals surface area contributed by atoms with Crippen molar-refractivity contribution in [3.8, 4) is 0 Å². The Balaban J connectivity index is 4.28. The molecule has 0 aromatic carbocycles. The molecule has 2 amide bonds. The molecule has 0 spiro atoms. The Hall–Kier alpha value is -1.79. The third kappa shape index (κ3) is 8.88. The summed E-state index contributed by atoms with van der Waals surface area (Å²) in [4.78, 5) is 33.8. The minimum atomic E-state index is -1.18. The van der Waals surface area contributed by atoms with Gasteiger partial charge in [-0.3, -0.25) is 4.79 Å². The van der Waals surface area contributed by atoms with Crippen LogP contribution in [0.4, 0.5) is 4.79 Å². The standard InChI is InChI=1S/C14H26N2O5/c1-5-9(2)8-10(3)15-14(20)16-11(13(18)19)6-7-12(17)21-4/h9-11H,5-8H2,1-4H3,(H,18,19)(H2,15,16,20)/t9?,10?,11-/m0/s1. The number of aliphatic carboxylic acids is 1. The molecule has 0 aliphatic carbocycles. The first-order chi connectivity index (χ1) is 9.79. The number of esters is 1. The number of carbonyl (C=O) groups is 3. The molecule has 3 N–H and O–H groups in total. The Morgan fingerprint density at radius 1 is 1.19 bits per heavy atom. The van der Waals surface area contributed by atoms with E-state index in [0.717, 1.165) is 12.8 Å². The second-order valence-corrected chi connectivity index (χ2v) is 5.27. The van der Waals surface area contributed by atoms with E-state index in [4.69, 9.17) is 5.11 Å². The van der Waals surface area contributed by atoms with Crippen molar-refractivity contribution in [3.63, 3.8) is 0 Å². The Kier molecular flexibility index (Phi) is 9.16. The first-order valence-corrected chi connectivity index (χ1v) is 7.16. The van der Waals surface area contributed by atoms with Crippen LogP contribution in [-0.2, 0) is 14.3 Å². The fourth-order valence-corrected chi connectivity index (χ4v) is 1.87. The molecule has 0 fully saturated rings. The van der Waals surface area contributed by atoms with Crippen LogP contribution in [0.5, 0.6) is 0 Å². The number of carbonyl (C=O) groups excluding carboxylic acids is 2. The molecule has 3 atom stereocenters. The largest absolute Gasteiger partial charge is 0.480 e. The number of hydrogen-bond acceptors (Lipinski definition) is 4. The lowest BCUT2D eigenvalue weighted by Gasteiger charge is -2.20. The van der Waals surface area contributed by atoms with Gasteiger partial charge in [0.2, 0.25) is 0 Å². The van der Waals surface area contributed by atoms with E-state index in [2.05, 4.69) is 29.2 Å². The van der Waals surface area contributed by atoms with Crippen molar-refractivity contribution in [2.24, 2.45) is 5.92 Å². The quantitative estimate of drug-likeness (QED) is 0.560. The summed E-state index contributed by atoms with van der Waals surface area (Å²) in [5.41, 5.74) is 0. The van der Waals surface area contributed by atoms with E-state index < -0.39 is 24.0 Å². The third-order valence-electron chi connectivity index (χ3n) is 3.30. The number of rotatable bonds is 9. The number of amides is 2. The lowest BCUT2D eigenvalue weighted by molar-refractivity contribution is -0.142. The number of hydrogen-bond donors (Lipinski definition) is 3. The summed E-state index contributed by atoms with van der Waals surface area (Å²) in [5, 5.41) is 14.1. The predicted molar refractivity (Wildman–Crippen MR) is 77.9 cm³/mol. The van der Waals surface area contributed by atoms with Crippen LogP contribution in [0.1, 0.15) is 46.5 Å². The Bertz CT molecular complexity index is 359. The zero-order valence-corrected chi connectivity index (χ0v) is 13.1. The lowest BCUT2D eigenvalue weighted by atomic mass is 10.0. The molecule has 7 heteroatoms. The van der Waals surface area contributed by atoms with Gasteiger partial charge in [-0.25, -0.2) is 9.59 Å². The van der Waals surface area contributed by atoms with Gasteiger partial charge in [-0.05, 0) is 25.7 Å². The number of nitrogens with one attached hydrogen (secondary N) is 2. The summed E-state index contributed by atoms with van der Waals surface area (Å²) in [6, 6.07) is -1.70. The molecule has 2 unspecified atom stereocenters. The lowest BCUT2D eigenvalue weighted by Crippen LogP contribution is -2.48. The number of ether oxygens (including phenoxy) is 1. The van der Waals surface area contributed by atoms with Crippen molar-refractivity contribution >= 4 is 18.0 Å². The van der Waals surface area contributed by atoms with Crippen molar-refractivity contribution < 1.29 is 24.2 Å². The first-order valence-electron chi connectivity index (χ1n) is 7.16. The molecular weight excluding hydrogens is 276 g/mol. The van der Waals surface area contributed by atoms with Gasteiger partial charge in [0.05, 0.1) is 7.11 Å². The monoisotopic (exact) mass is 302 g/mol. The van der Waals surface area contributed by atoms with Gasteiger partial charge in [0, 0.05) is 12.5 Å². The van der Waals surface area contributed by atoms with E-state index in [1.165, 1.54) is 7.11 Å². The van der Waals surface area contributed by atoms with Crippen molar-refractivity contribution in [1.82, 2.24) is 10.6 Å². The summed E-state index contributed by atoms with van der Waals surface area (Å²) < 4.78 is 4.45. The summed E-state index contributed by atoms with van der Waals surface area (Å²) in [7, 11) is 1.23. The van der Waals surface area contributed by atoms with E-state index in [0.29, 0.717) is 5.92 Å². The van der Waals surface area contributed by atoms with E-state index in [9.17, 15) is 14.4 Å². The zero-order valence-electron chi connectivity index (χ0n) is 13.1. The smallest absolute Gasteiger partial charge is 0.326 e. The molecule has 21 heavy (non-hydrogen) atoms. The molecule has 122 valence electrons. The summed E-state index contributed by atoms with van der Waals surface area (Å²) in [6.45, 7) is 6.03. The summed E-state index contributed by atoms with van der Waals surface area (Å²) in [5.74, 6) is -1.20. The molecule has 0 rings (SSSR count). The molecule has 0 saturated carbocycles. The van der Waals surface area contributed by atoms with Gasteiger partial charge >= 0.3 is 18.0 Å². The van der Waals surface area contributed by atoms with Crippen LogP contribution in [0.15, 0.2) is 0 Å². The van der Waals surface area contributed by atoms with Crippen LogP contribution in [-0.4, -0.2) is 42.3 Å².